The van der Waals surface area contributed by atoms with Crippen LogP contribution in [0.3, 0.4) is 0 Å². The van der Waals surface area contributed by atoms with Crippen molar-refractivity contribution in [2.45, 2.75) is 39.0 Å². The first-order valence-electron chi connectivity index (χ1n) is 5.66. The number of hydrogen-bond donors (Lipinski definition) is 0. The van der Waals surface area contributed by atoms with Crippen LogP contribution >= 0.6 is 8.73 Å². The Morgan fingerprint density at radius 1 is 1.23 bits per heavy atom. The van der Waals surface area contributed by atoms with Gasteiger partial charge in [-0.3, -0.25) is 4.67 Å². The molecule has 1 unspecified atom stereocenters. The fourth-order valence-corrected chi connectivity index (χ4v) is 3.83. The summed E-state index contributed by atoms with van der Waals surface area (Å²) in [5, 5.41) is 0. The molecule has 1 saturated carbocycles. The van der Waals surface area contributed by atoms with Crippen molar-refractivity contribution in [1.82, 2.24) is 4.67 Å². The van der Waals surface area contributed by atoms with E-state index in [9.17, 15) is 0 Å². The maximum atomic E-state index is 2.63. The summed E-state index contributed by atoms with van der Waals surface area (Å²) in [6.45, 7) is 7.50. The molecule has 1 saturated heterocycles. The van der Waals surface area contributed by atoms with Gasteiger partial charge in [0.2, 0.25) is 0 Å². The van der Waals surface area contributed by atoms with Crippen molar-refractivity contribution in [3.8, 4) is 0 Å². The molecule has 0 bridgehead atoms. The van der Waals surface area contributed by atoms with Crippen molar-refractivity contribution >= 4 is 8.73 Å². The third kappa shape index (κ3) is 2.07. The molecule has 2 aliphatic rings. The highest BCUT2D eigenvalue weighted by molar-refractivity contribution is 7.34. The van der Waals surface area contributed by atoms with Gasteiger partial charge in [-0.1, -0.05) is 22.1 Å². The van der Waals surface area contributed by atoms with Gasteiger partial charge in [0, 0.05) is 13.1 Å². The third-order valence-electron chi connectivity index (χ3n) is 4.09. The summed E-state index contributed by atoms with van der Waals surface area (Å²) in [6.07, 6.45) is 7.51. The summed E-state index contributed by atoms with van der Waals surface area (Å²) in [5.74, 6) is 1.01. The number of nitrogens with zero attached hydrogens (tertiary/aromatic N) is 1. The van der Waals surface area contributed by atoms with Gasteiger partial charge in [-0.05, 0) is 43.7 Å². The summed E-state index contributed by atoms with van der Waals surface area (Å²) in [4.78, 5) is 0. The van der Waals surface area contributed by atoms with Crippen molar-refractivity contribution in [3.63, 3.8) is 0 Å². The maximum Gasteiger partial charge on any atom is 0.00238 e. The fraction of sp³-hybridized carbons (Fsp3) is 1.00. The summed E-state index contributed by atoms with van der Waals surface area (Å²) >= 11 is 0. The molecular weight excluding hydrogens is 177 g/mol. The molecule has 1 aliphatic heterocycles. The molecule has 0 N–H and O–H groups in total. The Labute approximate surface area is 84.1 Å². The van der Waals surface area contributed by atoms with E-state index in [1.54, 1.807) is 0 Å². The Kier molecular flexibility index (Phi) is 2.95. The zero-order valence-electron chi connectivity index (χ0n) is 8.97. The van der Waals surface area contributed by atoms with E-state index in [0.717, 1.165) is 20.1 Å². The monoisotopic (exact) mass is 199 g/mol. The molecule has 2 rings (SSSR count). The van der Waals surface area contributed by atoms with Crippen LogP contribution < -0.4 is 0 Å². The van der Waals surface area contributed by atoms with Gasteiger partial charge in [0.05, 0.1) is 0 Å². The Bertz CT molecular complexity index is 173. The molecule has 0 aromatic heterocycles. The predicted octanol–water partition coefficient (Wildman–Crippen LogP) is 3.11. The lowest BCUT2D eigenvalue weighted by Crippen LogP contribution is -2.34. The van der Waals surface area contributed by atoms with Gasteiger partial charge in [-0.15, -0.1) is 0 Å². The lowest BCUT2D eigenvalue weighted by atomic mass is 9.77. The predicted molar refractivity (Wildman–Crippen MR) is 60.5 cm³/mol. The van der Waals surface area contributed by atoms with Crippen LogP contribution in [0.25, 0.3) is 0 Å². The first kappa shape index (κ1) is 9.93. The van der Waals surface area contributed by atoms with Crippen LogP contribution in [0.1, 0.15) is 39.0 Å². The first-order valence-corrected chi connectivity index (χ1v) is 7.11. The highest BCUT2D eigenvalue weighted by Crippen LogP contribution is 2.49. The van der Waals surface area contributed by atoms with Crippen molar-refractivity contribution < 1.29 is 0 Å². The van der Waals surface area contributed by atoms with Gasteiger partial charge >= 0.3 is 0 Å². The molecule has 76 valence electrons. The lowest BCUT2D eigenvalue weighted by Gasteiger charge is -2.39. The minimum atomic E-state index is 0.787. The number of hydrogen-bond acceptors (Lipinski definition) is 1. The Balaban J connectivity index is 1.90. The third-order valence-corrected chi connectivity index (χ3v) is 5.17. The van der Waals surface area contributed by atoms with E-state index < -0.39 is 0 Å². The molecule has 1 nitrogen and oxygen atoms in total. The lowest BCUT2D eigenvalue weighted by molar-refractivity contribution is 0.160. The Morgan fingerprint density at radius 2 is 1.92 bits per heavy atom. The van der Waals surface area contributed by atoms with Gasteiger partial charge in [0.1, 0.15) is 0 Å². The van der Waals surface area contributed by atoms with E-state index in [1.807, 2.05) is 0 Å². The van der Waals surface area contributed by atoms with E-state index >= 15 is 0 Å². The van der Waals surface area contributed by atoms with Gasteiger partial charge in [0.15, 0.2) is 0 Å². The molecule has 2 atom stereocenters. The van der Waals surface area contributed by atoms with Gasteiger partial charge in [-0.25, -0.2) is 0 Å². The van der Waals surface area contributed by atoms with Crippen LogP contribution in [0.15, 0.2) is 0 Å². The van der Waals surface area contributed by atoms with E-state index in [0.29, 0.717) is 0 Å². The zero-order chi connectivity index (χ0) is 9.31. The standard InChI is InChI=1S/C11H22NP/c1-10-3-4-11(9-10)5-7-12(13-2)8-6-11/h10,13H,3-9H2,1-2H3/t10-/m1/s1. The smallest absolute Gasteiger partial charge is 0.00238 e. The van der Waals surface area contributed by atoms with Crippen LogP contribution in [0, 0.1) is 11.3 Å². The summed E-state index contributed by atoms with van der Waals surface area (Å²) in [6, 6.07) is 0. The fourth-order valence-electron chi connectivity index (χ4n) is 3.15. The van der Waals surface area contributed by atoms with Crippen LogP contribution in [0.4, 0.5) is 0 Å². The number of piperidine rings is 1. The van der Waals surface area contributed by atoms with Crippen molar-refractivity contribution in [2.75, 3.05) is 19.8 Å². The van der Waals surface area contributed by atoms with Crippen molar-refractivity contribution in [3.05, 3.63) is 0 Å². The zero-order valence-corrected chi connectivity index (χ0v) is 9.97. The molecule has 1 spiro atoms. The van der Waals surface area contributed by atoms with Gasteiger partial charge in [-0.2, -0.15) is 0 Å². The Morgan fingerprint density at radius 3 is 2.38 bits per heavy atom. The van der Waals surface area contributed by atoms with Crippen LogP contribution in [0.2, 0.25) is 0 Å². The number of rotatable bonds is 1. The van der Waals surface area contributed by atoms with E-state index in [4.69, 9.17) is 0 Å². The van der Waals surface area contributed by atoms with E-state index in [1.165, 1.54) is 45.2 Å². The molecule has 2 fully saturated rings. The normalized spacial score (nSPS) is 35.1. The SMILES string of the molecule is CPN1CCC2(CC[C@@H](C)C2)CC1. The highest BCUT2D eigenvalue weighted by atomic mass is 31.1. The minimum absolute atomic E-state index is 0.787. The summed E-state index contributed by atoms with van der Waals surface area (Å²) in [7, 11) is 1.03. The molecule has 0 radical (unpaired) electrons. The Hall–Kier alpha value is 0.390. The highest BCUT2D eigenvalue weighted by Gasteiger charge is 2.39. The molecule has 0 amide bonds. The topological polar surface area (TPSA) is 3.24 Å². The largest absolute Gasteiger partial charge is 0.285 e. The van der Waals surface area contributed by atoms with Crippen LogP contribution in [0.5, 0.6) is 0 Å². The molecule has 1 aliphatic carbocycles. The van der Waals surface area contributed by atoms with Crippen molar-refractivity contribution in [2.24, 2.45) is 11.3 Å². The van der Waals surface area contributed by atoms with E-state index in [2.05, 4.69) is 18.3 Å². The van der Waals surface area contributed by atoms with Crippen molar-refractivity contribution in [1.29, 1.82) is 0 Å². The average molecular weight is 199 g/mol. The van der Waals surface area contributed by atoms with E-state index in [-0.39, 0.29) is 0 Å². The molecule has 1 heterocycles. The van der Waals surface area contributed by atoms with Gasteiger partial charge < -0.3 is 0 Å². The van der Waals surface area contributed by atoms with Crippen LogP contribution in [-0.2, 0) is 0 Å². The molecule has 0 aromatic carbocycles. The summed E-state index contributed by atoms with van der Waals surface area (Å²) in [5.41, 5.74) is 0.787. The quantitative estimate of drug-likeness (QED) is 0.586. The molecule has 2 heteroatoms. The average Bonchev–Trinajstić information content (AvgIpc) is 2.49. The second-order valence-electron chi connectivity index (χ2n) is 5.06. The molecular formula is C11H22NP. The molecule has 0 aromatic rings. The van der Waals surface area contributed by atoms with Gasteiger partial charge in [0.25, 0.3) is 0 Å². The minimum Gasteiger partial charge on any atom is -0.285 e. The maximum absolute atomic E-state index is 2.63. The second-order valence-corrected chi connectivity index (χ2v) is 6.14. The molecule has 13 heavy (non-hydrogen) atoms. The van der Waals surface area contributed by atoms with Crippen LogP contribution in [-0.4, -0.2) is 24.4 Å². The second kappa shape index (κ2) is 3.87. The summed E-state index contributed by atoms with van der Waals surface area (Å²) < 4.78 is 2.63. The first-order chi connectivity index (χ1) is 6.24.